The van der Waals surface area contributed by atoms with Crippen LogP contribution in [0.15, 0.2) is 94.6 Å². The minimum Gasteiger partial charge on any atom is -0.494 e. The third-order valence-corrected chi connectivity index (χ3v) is 7.21. The van der Waals surface area contributed by atoms with Crippen molar-refractivity contribution in [1.29, 1.82) is 0 Å². The molecule has 0 fully saturated rings. The zero-order chi connectivity index (χ0) is 26.9. The van der Waals surface area contributed by atoms with Crippen LogP contribution >= 0.6 is 11.3 Å². The molecule has 39 heavy (non-hydrogen) atoms. The fourth-order valence-corrected chi connectivity index (χ4v) is 5.30. The molecule has 0 unspecified atom stereocenters. The highest BCUT2D eigenvalue weighted by atomic mass is 32.1. The first-order valence-electron chi connectivity index (χ1n) is 12.4. The molecule has 0 aliphatic carbocycles. The van der Waals surface area contributed by atoms with Crippen molar-refractivity contribution < 1.29 is 4.74 Å². The number of aryl methyl sites for hydroxylation is 1. The van der Waals surface area contributed by atoms with E-state index < -0.39 is 5.56 Å². The number of nitrogens with zero attached hydrogens (tertiary/aromatic N) is 5. The van der Waals surface area contributed by atoms with Crippen molar-refractivity contribution >= 4 is 22.4 Å². The lowest BCUT2D eigenvalue weighted by atomic mass is 10.0. The van der Waals surface area contributed by atoms with E-state index in [0.717, 1.165) is 45.2 Å². The predicted molar refractivity (Wildman–Crippen MR) is 153 cm³/mol. The number of aromatic nitrogens is 5. The van der Waals surface area contributed by atoms with Gasteiger partial charge >= 0.3 is 5.56 Å². The smallest absolute Gasteiger partial charge is 0.300 e. The van der Waals surface area contributed by atoms with Crippen LogP contribution < -0.4 is 20.4 Å². The quantitative estimate of drug-likeness (QED) is 0.317. The van der Waals surface area contributed by atoms with Crippen LogP contribution in [-0.4, -0.2) is 31.0 Å². The van der Waals surface area contributed by atoms with Gasteiger partial charge in [-0.15, -0.1) is 0 Å². The Bertz CT molecular complexity index is 1980. The van der Waals surface area contributed by atoms with Gasteiger partial charge in [0.25, 0.3) is 5.56 Å². The fourth-order valence-electron chi connectivity index (χ4n) is 4.40. The molecule has 3 aromatic carbocycles. The maximum atomic E-state index is 13.4. The van der Waals surface area contributed by atoms with E-state index in [-0.39, 0.29) is 16.2 Å². The van der Waals surface area contributed by atoms with Crippen LogP contribution in [0.1, 0.15) is 18.1 Å². The van der Waals surface area contributed by atoms with Crippen LogP contribution in [0.25, 0.3) is 39.2 Å². The summed E-state index contributed by atoms with van der Waals surface area (Å²) >= 11 is 1.12. The molecule has 6 aromatic rings. The molecule has 0 aliphatic heterocycles. The van der Waals surface area contributed by atoms with E-state index in [1.165, 1.54) is 4.52 Å². The topological polar surface area (TPSA) is 91.4 Å². The minimum atomic E-state index is -0.475. The number of ether oxygens (including phenoxy) is 1. The van der Waals surface area contributed by atoms with E-state index in [9.17, 15) is 9.59 Å². The van der Waals surface area contributed by atoms with Crippen molar-refractivity contribution in [3.05, 3.63) is 121 Å². The maximum Gasteiger partial charge on any atom is 0.300 e. The molecule has 0 amide bonds. The average Bonchev–Trinajstić information content (AvgIpc) is 3.50. The number of rotatable bonds is 6. The van der Waals surface area contributed by atoms with Gasteiger partial charge in [0.1, 0.15) is 11.4 Å². The molecule has 0 atom stereocenters. The minimum absolute atomic E-state index is 0.136. The number of para-hydroxylation sites is 1. The molecule has 3 aromatic heterocycles. The Morgan fingerprint density at radius 1 is 0.923 bits per heavy atom. The summed E-state index contributed by atoms with van der Waals surface area (Å²) in [7, 11) is 0. The Labute approximate surface area is 227 Å². The van der Waals surface area contributed by atoms with Crippen LogP contribution in [0.4, 0.5) is 0 Å². The number of thiazole rings is 1. The maximum absolute atomic E-state index is 13.4. The van der Waals surface area contributed by atoms with Crippen molar-refractivity contribution in [3.8, 4) is 34.0 Å². The largest absolute Gasteiger partial charge is 0.494 e. The van der Waals surface area contributed by atoms with Gasteiger partial charge in [0.15, 0.2) is 5.69 Å². The number of hydrogen-bond acceptors (Lipinski definition) is 7. The molecule has 8 nitrogen and oxygen atoms in total. The zero-order valence-electron chi connectivity index (χ0n) is 21.2. The summed E-state index contributed by atoms with van der Waals surface area (Å²) in [6, 6.07) is 24.7. The zero-order valence-corrected chi connectivity index (χ0v) is 22.1. The van der Waals surface area contributed by atoms with Crippen LogP contribution in [-0.2, 0) is 0 Å². The van der Waals surface area contributed by atoms with Gasteiger partial charge in [-0.05, 0) is 55.8 Å². The molecule has 0 N–H and O–H groups in total. The van der Waals surface area contributed by atoms with E-state index in [4.69, 9.17) is 9.84 Å². The highest BCUT2D eigenvalue weighted by Gasteiger charge is 2.16. The Morgan fingerprint density at radius 2 is 1.67 bits per heavy atom. The van der Waals surface area contributed by atoms with Gasteiger partial charge in [-0.2, -0.15) is 19.7 Å². The van der Waals surface area contributed by atoms with Crippen molar-refractivity contribution in [2.75, 3.05) is 6.61 Å². The van der Waals surface area contributed by atoms with Crippen LogP contribution in [0.3, 0.4) is 0 Å². The van der Waals surface area contributed by atoms with Gasteiger partial charge in [-0.1, -0.05) is 59.9 Å². The number of hydrogen-bond donors (Lipinski definition) is 0. The van der Waals surface area contributed by atoms with Crippen LogP contribution in [0, 0.1) is 6.92 Å². The summed E-state index contributed by atoms with van der Waals surface area (Å²) < 4.78 is 9.05. The van der Waals surface area contributed by atoms with Crippen molar-refractivity contribution in [2.24, 2.45) is 0 Å². The third kappa shape index (κ3) is 4.64. The predicted octanol–water partition coefficient (Wildman–Crippen LogP) is 4.29. The summed E-state index contributed by atoms with van der Waals surface area (Å²) in [5, 5.41) is 9.26. The lowest BCUT2D eigenvalue weighted by molar-refractivity contribution is 0.340. The van der Waals surface area contributed by atoms with Crippen LogP contribution in [0.5, 0.6) is 5.75 Å². The van der Waals surface area contributed by atoms with E-state index in [2.05, 4.69) is 10.1 Å². The monoisotopic (exact) mass is 533 g/mol. The van der Waals surface area contributed by atoms with Gasteiger partial charge in [-0.3, -0.25) is 9.59 Å². The molecule has 0 saturated heterocycles. The summed E-state index contributed by atoms with van der Waals surface area (Å²) in [5.74, 6) is 0.786. The number of benzene rings is 3. The molecule has 0 radical (unpaired) electrons. The Morgan fingerprint density at radius 3 is 2.38 bits per heavy atom. The summed E-state index contributed by atoms with van der Waals surface area (Å²) in [6.07, 6.45) is 3.68. The van der Waals surface area contributed by atoms with Gasteiger partial charge in [0.2, 0.25) is 4.96 Å². The number of fused-ring (bicyclic) bond motifs is 1. The molecule has 3 heterocycles. The Balaban J connectivity index is 1.54. The average molecular weight is 534 g/mol. The SMILES string of the molecule is CCOc1ccc(-c2nn(-c3ccccc3)cc2C=c2sc3nc(=O)c(-c4ccccc4)nn3c2=O)c(C)c1. The summed E-state index contributed by atoms with van der Waals surface area (Å²) in [4.78, 5) is 30.5. The second-order valence-electron chi connectivity index (χ2n) is 8.86. The molecule has 192 valence electrons. The summed E-state index contributed by atoms with van der Waals surface area (Å²) in [6.45, 7) is 4.53. The first-order chi connectivity index (χ1) is 19.0. The second kappa shape index (κ2) is 10.1. The fraction of sp³-hybridized carbons (Fsp3) is 0.100. The first kappa shape index (κ1) is 24.4. The van der Waals surface area contributed by atoms with E-state index in [1.54, 1.807) is 22.9 Å². The van der Waals surface area contributed by atoms with Crippen molar-refractivity contribution in [2.45, 2.75) is 13.8 Å². The molecule has 6 rings (SSSR count). The van der Waals surface area contributed by atoms with E-state index in [0.29, 0.717) is 16.7 Å². The van der Waals surface area contributed by atoms with Gasteiger partial charge in [0.05, 0.1) is 16.8 Å². The Kier molecular flexibility index (Phi) is 6.34. The van der Waals surface area contributed by atoms with Crippen molar-refractivity contribution in [3.63, 3.8) is 0 Å². The Hall–Kier alpha value is -4.89. The van der Waals surface area contributed by atoms with E-state index in [1.807, 2.05) is 86.8 Å². The van der Waals surface area contributed by atoms with Gasteiger partial charge < -0.3 is 4.74 Å². The highest BCUT2D eigenvalue weighted by Crippen LogP contribution is 2.30. The van der Waals surface area contributed by atoms with E-state index >= 15 is 0 Å². The highest BCUT2D eigenvalue weighted by molar-refractivity contribution is 7.15. The standard InChI is InChI=1S/C30H23N5O3S/c1-3-38-23-14-15-24(19(2)16-23)26-21(18-34(32-26)22-12-8-5-9-13-22)17-25-29(37)35-30(39-25)31-28(36)27(33-35)20-10-6-4-7-11-20/h4-18H,3H2,1-2H3. The molecule has 9 heteroatoms. The molecule has 0 saturated carbocycles. The van der Waals surface area contributed by atoms with Crippen LogP contribution in [0.2, 0.25) is 0 Å². The molecular weight excluding hydrogens is 510 g/mol. The molecular formula is C30H23N5O3S. The lowest BCUT2D eigenvalue weighted by Gasteiger charge is -2.08. The van der Waals surface area contributed by atoms with Crippen molar-refractivity contribution in [1.82, 2.24) is 24.4 Å². The normalized spacial score (nSPS) is 11.8. The second-order valence-corrected chi connectivity index (χ2v) is 9.87. The lowest BCUT2D eigenvalue weighted by Crippen LogP contribution is -2.26. The first-order valence-corrected chi connectivity index (χ1v) is 13.2. The third-order valence-electron chi connectivity index (χ3n) is 6.25. The van der Waals surface area contributed by atoms with Gasteiger partial charge in [-0.25, -0.2) is 4.68 Å². The molecule has 0 aliphatic rings. The molecule has 0 spiro atoms. The molecule has 0 bridgehead atoms. The summed E-state index contributed by atoms with van der Waals surface area (Å²) in [5.41, 5.74) is 4.20. The van der Waals surface area contributed by atoms with Gasteiger partial charge in [0, 0.05) is 22.9 Å².